The van der Waals surface area contributed by atoms with Gasteiger partial charge in [0.05, 0.1) is 12.1 Å². The molecule has 0 aromatic heterocycles. The van der Waals surface area contributed by atoms with E-state index in [1.165, 1.54) is 6.08 Å². The molecule has 0 fully saturated rings. The highest BCUT2D eigenvalue weighted by atomic mass is 35.5. The predicted octanol–water partition coefficient (Wildman–Crippen LogP) is 3.56. The Balaban J connectivity index is 2.84. The molecule has 0 aliphatic rings. The van der Waals surface area contributed by atoms with E-state index in [-0.39, 0.29) is 5.41 Å². The highest BCUT2D eigenvalue weighted by molar-refractivity contribution is 6.32. The minimum Gasteiger partial charge on any atom is -0.495 e. The fourth-order valence-corrected chi connectivity index (χ4v) is 1.98. The second-order valence-electron chi connectivity index (χ2n) is 4.81. The van der Waals surface area contributed by atoms with E-state index in [9.17, 15) is 4.79 Å². The third kappa shape index (κ3) is 4.41. The summed E-state index contributed by atoms with van der Waals surface area (Å²) >= 11 is 6.05. The molecule has 0 amide bonds. The first-order valence-corrected chi connectivity index (χ1v) is 5.96. The summed E-state index contributed by atoms with van der Waals surface area (Å²) in [7, 11) is 1.57. The molecule has 3 nitrogen and oxygen atoms in total. The first-order chi connectivity index (χ1) is 8.34. The zero-order valence-corrected chi connectivity index (χ0v) is 11.5. The molecule has 4 heteroatoms. The van der Waals surface area contributed by atoms with Crippen LogP contribution in [0.2, 0.25) is 5.02 Å². The second-order valence-corrected chi connectivity index (χ2v) is 5.21. The van der Waals surface area contributed by atoms with Gasteiger partial charge in [-0.3, -0.25) is 0 Å². The van der Waals surface area contributed by atoms with Crippen molar-refractivity contribution in [2.75, 3.05) is 7.11 Å². The fraction of sp³-hybridized carbons (Fsp3) is 0.357. The van der Waals surface area contributed by atoms with E-state index in [0.29, 0.717) is 17.2 Å². The summed E-state index contributed by atoms with van der Waals surface area (Å²) < 4.78 is 5.09. The third-order valence-electron chi connectivity index (χ3n) is 2.55. The zero-order valence-electron chi connectivity index (χ0n) is 10.7. The summed E-state index contributed by atoms with van der Waals surface area (Å²) in [6, 6.07) is 5.59. The highest BCUT2D eigenvalue weighted by Gasteiger charge is 2.16. The van der Waals surface area contributed by atoms with Crippen LogP contribution in [-0.4, -0.2) is 18.2 Å². The lowest BCUT2D eigenvalue weighted by Gasteiger charge is -2.20. The number of allylic oxidation sites excluding steroid dienone is 1. The van der Waals surface area contributed by atoms with Crippen molar-refractivity contribution in [3.8, 4) is 5.75 Å². The van der Waals surface area contributed by atoms with Gasteiger partial charge >= 0.3 is 5.97 Å². The molecule has 1 aromatic carbocycles. The Labute approximate surface area is 112 Å². The number of methoxy groups -OCH3 is 1. The minimum absolute atomic E-state index is 0.240. The first kappa shape index (κ1) is 14.6. The Morgan fingerprint density at radius 3 is 2.67 bits per heavy atom. The van der Waals surface area contributed by atoms with Gasteiger partial charge in [0.15, 0.2) is 0 Å². The minimum atomic E-state index is -0.934. The van der Waals surface area contributed by atoms with Gasteiger partial charge in [0, 0.05) is 6.08 Å². The van der Waals surface area contributed by atoms with E-state index >= 15 is 0 Å². The lowest BCUT2D eigenvalue weighted by Crippen LogP contribution is -2.12. The Morgan fingerprint density at radius 2 is 2.17 bits per heavy atom. The molecular formula is C14H17ClO3. The van der Waals surface area contributed by atoms with Crippen molar-refractivity contribution in [3.63, 3.8) is 0 Å². The number of halogens is 1. The summed E-state index contributed by atoms with van der Waals surface area (Å²) in [6.07, 6.45) is 3.57. The maximum Gasteiger partial charge on any atom is 0.327 e. The van der Waals surface area contributed by atoms with Crippen LogP contribution in [-0.2, 0) is 11.2 Å². The van der Waals surface area contributed by atoms with E-state index in [0.717, 1.165) is 5.56 Å². The van der Waals surface area contributed by atoms with Crippen molar-refractivity contribution in [2.45, 2.75) is 20.3 Å². The van der Waals surface area contributed by atoms with Crippen LogP contribution in [0.4, 0.5) is 0 Å². The Hall–Kier alpha value is -1.48. The van der Waals surface area contributed by atoms with Gasteiger partial charge in [-0.1, -0.05) is 37.6 Å². The van der Waals surface area contributed by atoms with Crippen molar-refractivity contribution >= 4 is 17.6 Å². The molecule has 0 heterocycles. The molecular weight excluding hydrogens is 252 g/mol. The normalized spacial score (nSPS) is 11.8. The number of carboxylic acids is 1. The maximum absolute atomic E-state index is 10.5. The number of rotatable bonds is 5. The van der Waals surface area contributed by atoms with Crippen LogP contribution in [0.5, 0.6) is 5.75 Å². The van der Waals surface area contributed by atoms with Crippen molar-refractivity contribution in [3.05, 3.63) is 40.9 Å². The predicted molar refractivity (Wildman–Crippen MR) is 72.3 cm³/mol. The smallest absolute Gasteiger partial charge is 0.327 e. The molecule has 0 saturated heterocycles. The topological polar surface area (TPSA) is 46.5 Å². The molecule has 0 atom stereocenters. The average Bonchev–Trinajstić information content (AvgIpc) is 2.26. The summed E-state index contributed by atoms with van der Waals surface area (Å²) in [4.78, 5) is 10.5. The number of ether oxygens (including phenoxy) is 1. The number of carboxylic acid groups (broad SMARTS) is 1. The van der Waals surface area contributed by atoms with Crippen molar-refractivity contribution in [2.24, 2.45) is 5.41 Å². The van der Waals surface area contributed by atoms with Gasteiger partial charge in [-0.25, -0.2) is 4.79 Å². The Kier molecular flexibility index (Phi) is 4.79. The van der Waals surface area contributed by atoms with Gasteiger partial charge in [-0.2, -0.15) is 0 Å². The molecule has 18 heavy (non-hydrogen) atoms. The lowest BCUT2D eigenvalue weighted by molar-refractivity contribution is -0.131. The van der Waals surface area contributed by atoms with E-state index in [1.54, 1.807) is 13.2 Å². The van der Waals surface area contributed by atoms with Crippen LogP contribution in [0.1, 0.15) is 19.4 Å². The van der Waals surface area contributed by atoms with Crippen LogP contribution < -0.4 is 4.74 Å². The summed E-state index contributed by atoms with van der Waals surface area (Å²) in [5, 5.41) is 9.19. The average molecular weight is 269 g/mol. The van der Waals surface area contributed by atoms with Crippen molar-refractivity contribution in [1.82, 2.24) is 0 Å². The number of aliphatic carboxylic acids is 1. The van der Waals surface area contributed by atoms with Crippen LogP contribution in [0.3, 0.4) is 0 Å². The lowest BCUT2D eigenvalue weighted by atomic mass is 9.85. The van der Waals surface area contributed by atoms with Gasteiger partial charge in [0.25, 0.3) is 0 Å². The zero-order chi connectivity index (χ0) is 13.8. The van der Waals surface area contributed by atoms with Crippen molar-refractivity contribution in [1.29, 1.82) is 0 Å². The first-order valence-electron chi connectivity index (χ1n) is 5.58. The van der Waals surface area contributed by atoms with E-state index < -0.39 is 5.97 Å². The Bertz CT molecular complexity index is 464. The largest absolute Gasteiger partial charge is 0.495 e. The molecule has 0 aliphatic heterocycles. The monoisotopic (exact) mass is 268 g/mol. The molecule has 0 radical (unpaired) electrons. The van der Waals surface area contributed by atoms with Gasteiger partial charge in [-0.05, 0) is 29.5 Å². The van der Waals surface area contributed by atoms with E-state index in [1.807, 2.05) is 32.0 Å². The molecule has 1 rings (SSSR count). The van der Waals surface area contributed by atoms with Crippen LogP contribution in [0.25, 0.3) is 0 Å². The number of carbonyl (C=O) groups is 1. The molecule has 98 valence electrons. The molecule has 0 unspecified atom stereocenters. The molecule has 0 spiro atoms. The van der Waals surface area contributed by atoms with E-state index in [2.05, 4.69) is 0 Å². The fourth-order valence-electron chi connectivity index (χ4n) is 1.70. The molecule has 1 N–H and O–H groups in total. The number of hydrogen-bond donors (Lipinski definition) is 1. The van der Waals surface area contributed by atoms with Crippen molar-refractivity contribution < 1.29 is 14.6 Å². The summed E-state index contributed by atoms with van der Waals surface area (Å²) in [6.45, 7) is 3.95. The van der Waals surface area contributed by atoms with Gasteiger partial charge < -0.3 is 9.84 Å². The quantitative estimate of drug-likeness (QED) is 0.831. The van der Waals surface area contributed by atoms with Gasteiger partial charge in [0.2, 0.25) is 0 Å². The van der Waals surface area contributed by atoms with Gasteiger partial charge in [-0.15, -0.1) is 0 Å². The number of benzene rings is 1. The number of hydrogen-bond acceptors (Lipinski definition) is 2. The maximum atomic E-state index is 10.5. The van der Waals surface area contributed by atoms with Crippen LogP contribution in [0, 0.1) is 5.41 Å². The second kappa shape index (κ2) is 5.91. The standard InChI is InChI=1S/C14H17ClO3/c1-14(2,7-6-13(16)17)9-10-4-5-12(18-3)11(15)8-10/h4-8H,9H2,1-3H3,(H,16,17)/b7-6+. The van der Waals surface area contributed by atoms with Crippen LogP contribution >= 0.6 is 11.6 Å². The molecule has 1 aromatic rings. The van der Waals surface area contributed by atoms with Crippen LogP contribution in [0.15, 0.2) is 30.4 Å². The molecule has 0 aliphatic carbocycles. The Morgan fingerprint density at radius 1 is 1.50 bits per heavy atom. The van der Waals surface area contributed by atoms with Gasteiger partial charge in [0.1, 0.15) is 5.75 Å². The SMILES string of the molecule is COc1ccc(CC(C)(C)/C=C/C(=O)O)cc1Cl. The summed E-state index contributed by atoms with van der Waals surface area (Å²) in [5.41, 5.74) is 0.803. The molecule has 0 saturated carbocycles. The highest BCUT2D eigenvalue weighted by Crippen LogP contribution is 2.29. The summed E-state index contributed by atoms with van der Waals surface area (Å²) in [5.74, 6) is -0.296. The third-order valence-corrected chi connectivity index (χ3v) is 2.85. The van der Waals surface area contributed by atoms with E-state index in [4.69, 9.17) is 21.4 Å². The molecule has 0 bridgehead atoms.